The Labute approximate surface area is 150 Å². The predicted molar refractivity (Wildman–Crippen MR) is 94.4 cm³/mol. The van der Waals surface area contributed by atoms with Crippen molar-refractivity contribution in [1.29, 1.82) is 0 Å². The standard InChI is InChI=1S/C19H19NO6/c1-4-10-20-11-14(18(22)24-2)16(21)17(15(20)19(23)25-3)26-12-13-8-6-5-7-9-13/h4-9,11H,1,10,12H2,2-3H3. The second kappa shape index (κ2) is 8.66. The van der Waals surface area contributed by atoms with Crippen LogP contribution in [-0.2, 0) is 22.6 Å². The summed E-state index contributed by atoms with van der Waals surface area (Å²) >= 11 is 0. The first-order valence-electron chi connectivity index (χ1n) is 7.75. The lowest BCUT2D eigenvalue weighted by Crippen LogP contribution is -2.27. The van der Waals surface area contributed by atoms with E-state index in [1.165, 1.54) is 31.1 Å². The Morgan fingerprint density at radius 1 is 1.12 bits per heavy atom. The van der Waals surface area contributed by atoms with E-state index in [1.54, 1.807) is 0 Å². The van der Waals surface area contributed by atoms with Crippen LogP contribution in [0, 0.1) is 0 Å². The van der Waals surface area contributed by atoms with Crippen LogP contribution >= 0.6 is 0 Å². The minimum absolute atomic E-state index is 0.0405. The number of esters is 2. The monoisotopic (exact) mass is 357 g/mol. The topological polar surface area (TPSA) is 83.8 Å². The first kappa shape index (κ1) is 19.0. The summed E-state index contributed by atoms with van der Waals surface area (Å²) in [4.78, 5) is 36.9. The molecule has 0 atom stereocenters. The van der Waals surface area contributed by atoms with Crippen molar-refractivity contribution in [2.75, 3.05) is 14.2 Å². The molecule has 1 aromatic carbocycles. The van der Waals surface area contributed by atoms with Gasteiger partial charge in [-0.1, -0.05) is 36.4 Å². The summed E-state index contributed by atoms with van der Waals surface area (Å²) in [5.74, 6) is -1.86. The molecule has 1 aromatic heterocycles. The van der Waals surface area contributed by atoms with E-state index in [0.29, 0.717) is 0 Å². The third-order valence-corrected chi connectivity index (χ3v) is 3.57. The SMILES string of the molecule is C=CCn1cc(C(=O)OC)c(=O)c(OCc2ccccc2)c1C(=O)OC. The lowest BCUT2D eigenvalue weighted by Gasteiger charge is -2.16. The van der Waals surface area contributed by atoms with Gasteiger partial charge < -0.3 is 18.8 Å². The molecule has 26 heavy (non-hydrogen) atoms. The zero-order valence-electron chi connectivity index (χ0n) is 14.6. The van der Waals surface area contributed by atoms with Crippen LogP contribution in [0.5, 0.6) is 5.75 Å². The number of ether oxygens (including phenoxy) is 3. The van der Waals surface area contributed by atoms with Gasteiger partial charge in [0.25, 0.3) is 0 Å². The molecule has 0 aliphatic heterocycles. The lowest BCUT2D eigenvalue weighted by molar-refractivity contribution is 0.0567. The maximum atomic E-state index is 12.7. The molecule has 2 aromatic rings. The fourth-order valence-corrected chi connectivity index (χ4v) is 2.35. The van der Waals surface area contributed by atoms with Gasteiger partial charge in [-0.25, -0.2) is 9.59 Å². The molecule has 7 nitrogen and oxygen atoms in total. The van der Waals surface area contributed by atoms with E-state index in [0.717, 1.165) is 5.56 Å². The van der Waals surface area contributed by atoms with E-state index < -0.39 is 17.4 Å². The van der Waals surface area contributed by atoms with Crippen molar-refractivity contribution in [2.24, 2.45) is 0 Å². The molecule has 0 fully saturated rings. The molecule has 7 heteroatoms. The highest BCUT2D eigenvalue weighted by Crippen LogP contribution is 2.19. The Hall–Kier alpha value is -3.35. The Morgan fingerprint density at radius 2 is 1.77 bits per heavy atom. The first-order chi connectivity index (χ1) is 12.5. The second-order valence-corrected chi connectivity index (χ2v) is 5.25. The molecule has 0 aliphatic carbocycles. The van der Waals surface area contributed by atoms with Crippen LogP contribution in [0.3, 0.4) is 0 Å². The molecule has 0 N–H and O–H groups in total. The Morgan fingerprint density at radius 3 is 2.35 bits per heavy atom. The Bertz CT molecular complexity index is 870. The molecule has 1 heterocycles. The molecule has 0 bridgehead atoms. The van der Waals surface area contributed by atoms with Crippen LogP contribution in [0.25, 0.3) is 0 Å². The molecular formula is C19H19NO6. The number of benzene rings is 1. The summed E-state index contributed by atoms with van der Waals surface area (Å²) in [5, 5.41) is 0. The van der Waals surface area contributed by atoms with E-state index >= 15 is 0 Å². The maximum absolute atomic E-state index is 12.7. The van der Waals surface area contributed by atoms with Gasteiger partial charge in [0.1, 0.15) is 12.2 Å². The van der Waals surface area contributed by atoms with E-state index in [9.17, 15) is 14.4 Å². The van der Waals surface area contributed by atoms with Crippen LogP contribution in [-0.4, -0.2) is 30.7 Å². The van der Waals surface area contributed by atoms with Crippen molar-refractivity contribution in [3.05, 3.63) is 76.2 Å². The number of carbonyl (C=O) groups is 2. The Balaban J connectivity index is 2.61. The molecule has 0 unspecified atom stereocenters. The van der Waals surface area contributed by atoms with Gasteiger partial charge in [0, 0.05) is 12.7 Å². The highest BCUT2D eigenvalue weighted by atomic mass is 16.5. The summed E-state index contributed by atoms with van der Waals surface area (Å²) in [5.41, 5.74) is -0.291. The summed E-state index contributed by atoms with van der Waals surface area (Å²) in [6.45, 7) is 3.82. The predicted octanol–water partition coefficient (Wildman–Crippen LogP) is 2.19. The van der Waals surface area contributed by atoms with Gasteiger partial charge in [-0.2, -0.15) is 0 Å². The number of methoxy groups -OCH3 is 2. The molecule has 2 rings (SSSR count). The number of rotatable bonds is 7. The number of hydrogen-bond donors (Lipinski definition) is 0. The average Bonchev–Trinajstić information content (AvgIpc) is 2.67. The normalized spacial score (nSPS) is 10.1. The molecule has 136 valence electrons. The molecule has 0 amide bonds. The van der Waals surface area contributed by atoms with E-state index in [4.69, 9.17) is 9.47 Å². The van der Waals surface area contributed by atoms with Crippen molar-refractivity contribution in [2.45, 2.75) is 13.2 Å². The van der Waals surface area contributed by atoms with E-state index in [1.807, 2.05) is 30.3 Å². The highest BCUT2D eigenvalue weighted by Gasteiger charge is 2.26. The Kier molecular flexibility index (Phi) is 6.32. The average molecular weight is 357 g/mol. The third kappa shape index (κ3) is 4.00. The molecule has 0 spiro atoms. The number of carbonyl (C=O) groups excluding carboxylic acids is 2. The highest BCUT2D eigenvalue weighted by molar-refractivity contribution is 5.94. The van der Waals surface area contributed by atoms with Crippen molar-refractivity contribution in [3.63, 3.8) is 0 Å². The van der Waals surface area contributed by atoms with Crippen LogP contribution < -0.4 is 10.2 Å². The van der Waals surface area contributed by atoms with Crippen LogP contribution in [0.15, 0.2) is 54.0 Å². The third-order valence-electron chi connectivity index (χ3n) is 3.57. The maximum Gasteiger partial charge on any atom is 0.358 e. The zero-order chi connectivity index (χ0) is 19.1. The lowest BCUT2D eigenvalue weighted by atomic mass is 10.2. The first-order valence-corrected chi connectivity index (χ1v) is 7.75. The number of hydrogen-bond acceptors (Lipinski definition) is 6. The number of allylic oxidation sites excluding steroid dienone is 1. The summed E-state index contributed by atoms with van der Waals surface area (Å²) < 4.78 is 16.4. The smallest absolute Gasteiger partial charge is 0.358 e. The van der Waals surface area contributed by atoms with Crippen molar-refractivity contribution in [1.82, 2.24) is 4.57 Å². The number of aromatic nitrogens is 1. The fourth-order valence-electron chi connectivity index (χ4n) is 2.35. The quantitative estimate of drug-likeness (QED) is 0.558. The molecule has 0 aliphatic rings. The van der Waals surface area contributed by atoms with Gasteiger partial charge in [-0.05, 0) is 5.56 Å². The van der Waals surface area contributed by atoms with Gasteiger partial charge in [-0.15, -0.1) is 6.58 Å². The fraction of sp³-hybridized carbons (Fsp3) is 0.211. The van der Waals surface area contributed by atoms with Gasteiger partial charge in [0.2, 0.25) is 5.43 Å². The van der Waals surface area contributed by atoms with Crippen LogP contribution in [0.1, 0.15) is 26.4 Å². The molecule has 0 saturated heterocycles. The molecule has 0 saturated carbocycles. The second-order valence-electron chi connectivity index (χ2n) is 5.25. The van der Waals surface area contributed by atoms with Gasteiger partial charge in [0.15, 0.2) is 11.4 Å². The van der Waals surface area contributed by atoms with Gasteiger partial charge >= 0.3 is 11.9 Å². The minimum Gasteiger partial charge on any atom is -0.482 e. The van der Waals surface area contributed by atoms with E-state index in [-0.39, 0.29) is 30.2 Å². The zero-order valence-corrected chi connectivity index (χ0v) is 14.6. The van der Waals surface area contributed by atoms with Crippen LogP contribution in [0.2, 0.25) is 0 Å². The van der Waals surface area contributed by atoms with Gasteiger partial charge in [-0.3, -0.25) is 4.79 Å². The number of pyridine rings is 1. The van der Waals surface area contributed by atoms with Gasteiger partial charge in [0.05, 0.1) is 14.2 Å². The summed E-state index contributed by atoms with van der Waals surface area (Å²) in [7, 11) is 2.36. The molecule has 0 radical (unpaired) electrons. The number of nitrogens with zero attached hydrogens (tertiary/aromatic N) is 1. The largest absolute Gasteiger partial charge is 0.482 e. The van der Waals surface area contributed by atoms with E-state index in [2.05, 4.69) is 11.3 Å². The summed E-state index contributed by atoms with van der Waals surface area (Å²) in [6, 6.07) is 9.11. The van der Waals surface area contributed by atoms with Crippen molar-refractivity contribution >= 4 is 11.9 Å². The molecular weight excluding hydrogens is 338 g/mol. The van der Waals surface area contributed by atoms with Crippen molar-refractivity contribution < 1.29 is 23.8 Å². The van der Waals surface area contributed by atoms with Crippen molar-refractivity contribution in [3.8, 4) is 5.75 Å². The minimum atomic E-state index is -0.825. The van der Waals surface area contributed by atoms with Crippen LogP contribution in [0.4, 0.5) is 0 Å². The summed E-state index contributed by atoms with van der Waals surface area (Å²) in [6.07, 6.45) is 2.75.